The first-order valence-corrected chi connectivity index (χ1v) is 8.77. The first-order chi connectivity index (χ1) is 11.6. The highest BCUT2D eigenvalue weighted by Gasteiger charge is 2.16. The lowest BCUT2D eigenvalue weighted by molar-refractivity contribution is -0.304. The van der Waals surface area contributed by atoms with Crippen molar-refractivity contribution in [2.45, 2.75) is 11.3 Å². The van der Waals surface area contributed by atoms with Crippen molar-refractivity contribution in [1.29, 1.82) is 0 Å². The first-order valence-electron chi connectivity index (χ1n) is 7.16. The molecule has 0 atom stereocenters. The third-order valence-corrected chi connectivity index (χ3v) is 4.45. The Kier molecular flexibility index (Phi) is 4.92. The van der Waals surface area contributed by atoms with Gasteiger partial charge in [-0.15, -0.1) is 11.8 Å². The summed E-state index contributed by atoms with van der Waals surface area (Å²) >= 11 is 7.54. The van der Waals surface area contributed by atoms with E-state index in [1.807, 2.05) is 30.5 Å². The number of aromatic nitrogens is 1. The van der Waals surface area contributed by atoms with Crippen LogP contribution in [0.25, 0.3) is 22.8 Å². The highest BCUT2D eigenvalue weighted by Crippen LogP contribution is 2.31. The van der Waals surface area contributed by atoms with Crippen molar-refractivity contribution in [3.63, 3.8) is 0 Å². The molecule has 0 N–H and O–H groups in total. The average molecular weight is 359 g/mol. The molecule has 6 heteroatoms. The first kappa shape index (κ1) is 16.6. The summed E-state index contributed by atoms with van der Waals surface area (Å²) in [6.45, 7) is 0. The number of carboxylic acid groups (broad SMARTS) is 1. The lowest BCUT2D eigenvalue weighted by Gasteiger charge is -2.02. The molecule has 0 aliphatic rings. The van der Waals surface area contributed by atoms with Crippen LogP contribution in [0.5, 0.6) is 0 Å². The fraction of sp³-hybridized carbons (Fsp3) is 0.111. The van der Waals surface area contributed by atoms with E-state index >= 15 is 0 Å². The molecule has 3 rings (SSSR count). The summed E-state index contributed by atoms with van der Waals surface area (Å²) in [6, 6.07) is 14.7. The molecule has 0 radical (unpaired) electrons. The lowest BCUT2D eigenvalue weighted by Crippen LogP contribution is -2.24. The Labute approximate surface area is 148 Å². The zero-order valence-corrected chi connectivity index (χ0v) is 14.4. The number of thioether (sulfide) groups is 1. The van der Waals surface area contributed by atoms with Crippen molar-refractivity contribution in [2.24, 2.45) is 0 Å². The van der Waals surface area contributed by atoms with Gasteiger partial charge in [0.2, 0.25) is 5.89 Å². The monoisotopic (exact) mass is 358 g/mol. The van der Waals surface area contributed by atoms with Crippen LogP contribution in [0.15, 0.2) is 57.8 Å². The second-order valence-electron chi connectivity index (χ2n) is 5.08. The summed E-state index contributed by atoms with van der Waals surface area (Å²) in [5.74, 6) is -0.411. The van der Waals surface area contributed by atoms with Crippen LogP contribution in [0.3, 0.4) is 0 Å². The zero-order valence-electron chi connectivity index (χ0n) is 12.8. The predicted octanol–water partition coefficient (Wildman–Crippen LogP) is 3.68. The summed E-state index contributed by atoms with van der Waals surface area (Å²) in [5, 5.41) is 11.6. The van der Waals surface area contributed by atoms with Crippen LogP contribution in [-0.2, 0) is 11.2 Å². The van der Waals surface area contributed by atoms with Crippen molar-refractivity contribution in [3.8, 4) is 22.8 Å². The van der Waals surface area contributed by atoms with E-state index in [1.165, 1.54) is 0 Å². The summed E-state index contributed by atoms with van der Waals surface area (Å²) in [7, 11) is 0. The summed E-state index contributed by atoms with van der Waals surface area (Å²) in [6.07, 6.45) is 1.68. The van der Waals surface area contributed by atoms with E-state index in [4.69, 9.17) is 16.0 Å². The van der Waals surface area contributed by atoms with E-state index in [2.05, 4.69) is 4.98 Å². The van der Waals surface area contributed by atoms with Gasteiger partial charge in [-0.05, 0) is 54.8 Å². The highest BCUT2D eigenvalue weighted by atomic mass is 35.5. The number of rotatable bonds is 5. The van der Waals surface area contributed by atoms with Gasteiger partial charge in [-0.1, -0.05) is 11.6 Å². The molecule has 0 bridgehead atoms. The number of carbonyl (C=O) groups is 1. The molecule has 24 heavy (non-hydrogen) atoms. The fourth-order valence-electron chi connectivity index (χ4n) is 2.29. The van der Waals surface area contributed by atoms with Crippen LogP contribution in [0, 0.1) is 0 Å². The second-order valence-corrected chi connectivity index (χ2v) is 6.40. The summed E-state index contributed by atoms with van der Waals surface area (Å²) in [4.78, 5) is 16.5. The van der Waals surface area contributed by atoms with Crippen LogP contribution in [0.1, 0.15) is 5.69 Å². The molecule has 122 valence electrons. The number of carboxylic acids is 1. The van der Waals surface area contributed by atoms with Crippen LogP contribution < -0.4 is 5.11 Å². The van der Waals surface area contributed by atoms with Gasteiger partial charge in [-0.3, -0.25) is 0 Å². The number of benzene rings is 2. The molecule has 2 aromatic carbocycles. The maximum absolute atomic E-state index is 11.0. The van der Waals surface area contributed by atoms with Gasteiger partial charge in [0.1, 0.15) is 0 Å². The molecule has 0 saturated carbocycles. The van der Waals surface area contributed by atoms with Gasteiger partial charge < -0.3 is 14.3 Å². The molecule has 0 aliphatic heterocycles. The van der Waals surface area contributed by atoms with Crippen LogP contribution in [0.4, 0.5) is 0 Å². The van der Waals surface area contributed by atoms with E-state index in [-0.39, 0.29) is 6.42 Å². The molecule has 0 aliphatic carbocycles. The number of aliphatic carboxylic acids is 1. The molecular formula is C18H13ClNO3S-. The number of nitrogens with zero attached hydrogens (tertiary/aromatic N) is 1. The standard InChI is InChI=1S/C18H14ClNO3S/c1-24-14-8-4-12(5-9-14)18-20-15(10-16(21)22)17(23-18)11-2-6-13(19)7-3-11/h2-9H,10H2,1H3,(H,21,22)/p-1. The quantitative estimate of drug-likeness (QED) is 0.651. The SMILES string of the molecule is CSc1ccc(-c2nc(CC(=O)[O-])c(-c3ccc(Cl)cc3)o2)cc1. The Hall–Kier alpha value is -2.24. The van der Waals surface area contributed by atoms with Crippen LogP contribution >= 0.6 is 23.4 Å². The lowest BCUT2D eigenvalue weighted by atomic mass is 10.1. The van der Waals surface area contributed by atoms with E-state index < -0.39 is 5.97 Å². The van der Waals surface area contributed by atoms with Gasteiger partial charge in [0, 0.05) is 33.4 Å². The van der Waals surface area contributed by atoms with Gasteiger partial charge in [0.25, 0.3) is 0 Å². The summed E-state index contributed by atoms with van der Waals surface area (Å²) < 4.78 is 5.85. The smallest absolute Gasteiger partial charge is 0.227 e. The zero-order chi connectivity index (χ0) is 17.1. The highest BCUT2D eigenvalue weighted by molar-refractivity contribution is 7.98. The molecule has 0 unspecified atom stereocenters. The number of halogens is 1. The Morgan fingerprint density at radius 3 is 2.33 bits per heavy atom. The maximum Gasteiger partial charge on any atom is 0.227 e. The minimum absolute atomic E-state index is 0.315. The normalized spacial score (nSPS) is 10.8. The van der Waals surface area contributed by atoms with Crippen molar-refractivity contribution in [1.82, 2.24) is 4.98 Å². The molecule has 0 spiro atoms. The fourth-order valence-corrected chi connectivity index (χ4v) is 2.83. The van der Waals surface area contributed by atoms with Gasteiger partial charge in [-0.25, -0.2) is 4.98 Å². The number of hydrogen-bond donors (Lipinski definition) is 0. The molecule has 1 heterocycles. The Morgan fingerprint density at radius 2 is 1.75 bits per heavy atom. The molecule has 0 saturated heterocycles. The Morgan fingerprint density at radius 1 is 1.12 bits per heavy atom. The largest absolute Gasteiger partial charge is 0.550 e. The number of carbonyl (C=O) groups excluding carboxylic acids is 1. The summed E-state index contributed by atoms with van der Waals surface area (Å²) in [5.41, 5.74) is 1.84. The van der Waals surface area contributed by atoms with Crippen LogP contribution in [-0.4, -0.2) is 17.2 Å². The predicted molar refractivity (Wildman–Crippen MR) is 92.9 cm³/mol. The molecule has 0 amide bonds. The minimum atomic E-state index is -1.21. The molecule has 0 fully saturated rings. The number of oxazole rings is 1. The van der Waals surface area contributed by atoms with E-state index in [1.54, 1.807) is 36.0 Å². The second kappa shape index (κ2) is 7.11. The maximum atomic E-state index is 11.0. The Balaban J connectivity index is 2.04. The third kappa shape index (κ3) is 3.63. The van der Waals surface area contributed by atoms with Crippen molar-refractivity contribution >= 4 is 29.3 Å². The Bertz CT molecular complexity index is 857. The minimum Gasteiger partial charge on any atom is -0.550 e. The van der Waals surface area contributed by atoms with Crippen LogP contribution in [0.2, 0.25) is 5.02 Å². The van der Waals surface area contributed by atoms with Gasteiger partial charge in [0.05, 0.1) is 5.69 Å². The van der Waals surface area contributed by atoms with Crippen molar-refractivity contribution in [2.75, 3.05) is 6.26 Å². The average Bonchev–Trinajstić information content (AvgIpc) is 2.98. The van der Waals surface area contributed by atoms with Gasteiger partial charge in [0.15, 0.2) is 5.76 Å². The topological polar surface area (TPSA) is 66.2 Å². The van der Waals surface area contributed by atoms with E-state index in [0.717, 1.165) is 16.0 Å². The third-order valence-electron chi connectivity index (χ3n) is 3.45. The van der Waals surface area contributed by atoms with Gasteiger partial charge >= 0.3 is 0 Å². The van der Waals surface area contributed by atoms with Crippen molar-refractivity contribution < 1.29 is 14.3 Å². The van der Waals surface area contributed by atoms with Gasteiger partial charge in [-0.2, -0.15) is 0 Å². The van der Waals surface area contributed by atoms with E-state index in [0.29, 0.717) is 22.4 Å². The molecule has 1 aromatic heterocycles. The number of hydrogen-bond acceptors (Lipinski definition) is 5. The molecule has 4 nitrogen and oxygen atoms in total. The van der Waals surface area contributed by atoms with Crippen molar-refractivity contribution in [3.05, 3.63) is 59.2 Å². The van der Waals surface area contributed by atoms with E-state index in [9.17, 15) is 9.90 Å². The molecule has 3 aromatic rings. The molecular weight excluding hydrogens is 346 g/mol.